The predicted octanol–water partition coefficient (Wildman–Crippen LogP) is 2.49. The number of anilines is 1. The highest BCUT2D eigenvalue weighted by Gasteiger charge is 2.10. The highest BCUT2D eigenvalue weighted by molar-refractivity contribution is 5.50. The first-order valence-corrected chi connectivity index (χ1v) is 6.94. The third kappa shape index (κ3) is 2.87. The molecule has 0 fully saturated rings. The Kier molecular flexibility index (Phi) is 3.58. The van der Waals surface area contributed by atoms with Gasteiger partial charge in [-0.2, -0.15) is 9.61 Å². The Labute approximate surface area is 123 Å². The van der Waals surface area contributed by atoms with Crippen molar-refractivity contribution in [2.75, 3.05) is 11.9 Å². The zero-order chi connectivity index (χ0) is 14.8. The van der Waals surface area contributed by atoms with Crippen molar-refractivity contribution in [2.45, 2.75) is 20.0 Å². The summed E-state index contributed by atoms with van der Waals surface area (Å²) in [7, 11) is 0. The molecule has 1 aromatic carbocycles. The highest BCUT2D eigenvalue weighted by atomic mass is 16.3. The second-order valence-corrected chi connectivity index (χ2v) is 5.15. The topological polar surface area (TPSA) is 62.5 Å². The van der Waals surface area contributed by atoms with Gasteiger partial charge in [-0.05, 0) is 19.4 Å². The maximum absolute atomic E-state index is 10.2. The van der Waals surface area contributed by atoms with Crippen LogP contribution in [0.4, 0.5) is 5.82 Å². The maximum atomic E-state index is 10.2. The van der Waals surface area contributed by atoms with Gasteiger partial charge in [0.15, 0.2) is 5.65 Å². The monoisotopic (exact) mass is 282 g/mol. The van der Waals surface area contributed by atoms with Gasteiger partial charge in [0.2, 0.25) is 0 Å². The van der Waals surface area contributed by atoms with Crippen LogP contribution in [0.25, 0.3) is 5.65 Å². The molecule has 0 aliphatic rings. The van der Waals surface area contributed by atoms with Crippen LogP contribution in [0, 0.1) is 13.8 Å². The minimum absolute atomic E-state index is 0.418. The van der Waals surface area contributed by atoms with E-state index in [2.05, 4.69) is 15.4 Å². The Morgan fingerprint density at radius 3 is 2.67 bits per heavy atom. The van der Waals surface area contributed by atoms with Crippen molar-refractivity contribution in [1.29, 1.82) is 0 Å². The summed E-state index contributed by atoms with van der Waals surface area (Å²) in [5.41, 5.74) is 3.53. The standard InChI is InChI=1S/C16H18N4O/c1-11-8-15(20-16(18-11)9-12(2)19-20)17-10-14(21)13-6-4-3-5-7-13/h3-9,14,17,21H,10H2,1-2H3/t14-/m1/s1. The average Bonchev–Trinajstić information content (AvgIpc) is 2.85. The molecule has 1 atom stereocenters. The molecule has 3 rings (SSSR count). The minimum Gasteiger partial charge on any atom is -0.387 e. The summed E-state index contributed by atoms with van der Waals surface area (Å²) >= 11 is 0. The largest absolute Gasteiger partial charge is 0.387 e. The zero-order valence-electron chi connectivity index (χ0n) is 12.1. The van der Waals surface area contributed by atoms with Crippen molar-refractivity contribution in [3.63, 3.8) is 0 Å². The van der Waals surface area contributed by atoms with E-state index in [0.717, 1.165) is 28.4 Å². The summed E-state index contributed by atoms with van der Waals surface area (Å²) < 4.78 is 1.76. The molecule has 0 unspecified atom stereocenters. The first-order valence-electron chi connectivity index (χ1n) is 6.94. The number of aryl methyl sites for hydroxylation is 2. The van der Waals surface area contributed by atoms with Crippen LogP contribution in [0.1, 0.15) is 23.1 Å². The highest BCUT2D eigenvalue weighted by Crippen LogP contribution is 2.16. The van der Waals surface area contributed by atoms with Crippen LogP contribution in [0.15, 0.2) is 42.5 Å². The fourth-order valence-electron chi connectivity index (χ4n) is 2.33. The minimum atomic E-state index is -0.564. The number of nitrogens with one attached hydrogen (secondary N) is 1. The smallest absolute Gasteiger partial charge is 0.157 e. The van der Waals surface area contributed by atoms with Gasteiger partial charge in [0.05, 0.1) is 11.8 Å². The molecule has 0 saturated carbocycles. The number of hydrogen-bond acceptors (Lipinski definition) is 4. The number of nitrogens with zero attached hydrogens (tertiary/aromatic N) is 3. The molecule has 0 aliphatic carbocycles. The van der Waals surface area contributed by atoms with Crippen molar-refractivity contribution >= 4 is 11.5 Å². The van der Waals surface area contributed by atoms with Crippen molar-refractivity contribution in [2.24, 2.45) is 0 Å². The molecule has 5 heteroatoms. The number of aromatic nitrogens is 3. The maximum Gasteiger partial charge on any atom is 0.157 e. The fraction of sp³-hybridized carbons (Fsp3) is 0.250. The Hall–Kier alpha value is -2.40. The molecule has 0 saturated heterocycles. The van der Waals surface area contributed by atoms with Crippen molar-refractivity contribution in [1.82, 2.24) is 14.6 Å². The average molecular weight is 282 g/mol. The Balaban J connectivity index is 1.82. The van der Waals surface area contributed by atoms with Gasteiger partial charge >= 0.3 is 0 Å². The Morgan fingerprint density at radius 2 is 1.90 bits per heavy atom. The van der Waals surface area contributed by atoms with Crippen LogP contribution in [-0.4, -0.2) is 26.2 Å². The molecular weight excluding hydrogens is 264 g/mol. The lowest BCUT2D eigenvalue weighted by Crippen LogP contribution is -2.15. The van der Waals surface area contributed by atoms with Crippen LogP contribution in [0.2, 0.25) is 0 Å². The van der Waals surface area contributed by atoms with Gasteiger partial charge in [-0.1, -0.05) is 30.3 Å². The number of aliphatic hydroxyl groups is 1. The number of hydrogen-bond donors (Lipinski definition) is 2. The van der Waals surface area contributed by atoms with Crippen molar-refractivity contribution in [3.05, 3.63) is 59.4 Å². The third-order valence-corrected chi connectivity index (χ3v) is 3.34. The predicted molar refractivity (Wildman–Crippen MR) is 82.4 cm³/mol. The molecule has 21 heavy (non-hydrogen) atoms. The van der Waals surface area contributed by atoms with Crippen LogP contribution in [0.5, 0.6) is 0 Å². The van der Waals surface area contributed by atoms with Gasteiger partial charge in [0.25, 0.3) is 0 Å². The molecule has 108 valence electrons. The molecule has 0 radical (unpaired) electrons. The van der Waals surface area contributed by atoms with Gasteiger partial charge in [0, 0.05) is 24.4 Å². The fourth-order valence-corrected chi connectivity index (χ4v) is 2.33. The van der Waals surface area contributed by atoms with E-state index in [1.807, 2.05) is 56.3 Å². The van der Waals surface area contributed by atoms with Crippen LogP contribution in [0.3, 0.4) is 0 Å². The Morgan fingerprint density at radius 1 is 1.14 bits per heavy atom. The quantitative estimate of drug-likeness (QED) is 0.771. The first-order chi connectivity index (χ1) is 10.1. The number of rotatable bonds is 4. The summed E-state index contributed by atoms with van der Waals surface area (Å²) in [6.07, 6.45) is -0.564. The van der Waals surface area contributed by atoms with Gasteiger partial charge in [-0.15, -0.1) is 0 Å². The van der Waals surface area contributed by atoms with Crippen molar-refractivity contribution in [3.8, 4) is 0 Å². The molecule has 5 nitrogen and oxygen atoms in total. The third-order valence-electron chi connectivity index (χ3n) is 3.34. The molecule has 0 aliphatic heterocycles. The number of benzene rings is 1. The van der Waals surface area contributed by atoms with Gasteiger partial charge in [-0.25, -0.2) is 4.98 Å². The van der Waals surface area contributed by atoms with E-state index in [9.17, 15) is 5.11 Å². The van der Waals surface area contributed by atoms with Crippen LogP contribution >= 0.6 is 0 Å². The zero-order valence-corrected chi connectivity index (χ0v) is 12.1. The van der Waals surface area contributed by atoms with Crippen LogP contribution in [-0.2, 0) is 0 Å². The summed E-state index contributed by atoms with van der Waals surface area (Å²) in [6, 6.07) is 13.5. The lowest BCUT2D eigenvalue weighted by molar-refractivity contribution is 0.191. The van der Waals surface area contributed by atoms with E-state index in [1.165, 1.54) is 0 Å². The van der Waals surface area contributed by atoms with E-state index in [4.69, 9.17) is 0 Å². The summed E-state index contributed by atoms with van der Waals surface area (Å²) in [4.78, 5) is 4.44. The number of aliphatic hydroxyl groups excluding tert-OH is 1. The molecule has 2 heterocycles. The van der Waals surface area contributed by atoms with Gasteiger partial charge < -0.3 is 10.4 Å². The lowest BCUT2D eigenvalue weighted by Gasteiger charge is -2.14. The molecular formula is C16H18N4O. The summed E-state index contributed by atoms with van der Waals surface area (Å²) in [5.74, 6) is 0.834. The normalized spacial score (nSPS) is 12.5. The Bertz CT molecular complexity index is 752. The number of fused-ring (bicyclic) bond motifs is 1. The van der Waals surface area contributed by atoms with E-state index < -0.39 is 6.10 Å². The molecule has 0 bridgehead atoms. The van der Waals surface area contributed by atoms with Crippen LogP contribution < -0.4 is 5.32 Å². The second-order valence-electron chi connectivity index (χ2n) is 5.15. The lowest BCUT2D eigenvalue weighted by atomic mass is 10.1. The first kappa shape index (κ1) is 13.6. The molecule has 2 N–H and O–H groups in total. The molecule has 2 aromatic heterocycles. The van der Waals surface area contributed by atoms with Crippen molar-refractivity contribution < 1.29 is 5.11 Å². The SMILES string of the molecule is Cc1cc(NC[C@@H](O)c2ccccc2)n2nc(C)cc2n1. The molecule has 3 aromatic rings. The van der Waals surface area contributed by atoms with E-state index in [-0.39, 0.29) is 0 Å². The van der Waals surface area contributed by atoms with Gasteiger partial charge in [0.1, 0.15) is 5.82 Å². The van der Waals surface area contributed by atoms with E-state index in [0.29, 0.717) is 6.54 Å². The van der Waals surface area contributed by atoms with E-state index >= 15 is 0 Å². The van der Waals surface area contributed by atoms with E-state index in [1.54, 1.807) is 4.52 Å². The second kappa shape index (κ2) is 5.54. The summed E-state index contributed by atoms with van der Waals surface area (Å²) in [5, 5.41) is 17.9. The molecule has 0 amide bonds. The molecule has 0 spiro atoms. The van der Waals surface area contributed by atoms with Gasteiger partial charge in [-0.3, -0.25) is 0 Å². The summed E-state index contributed by atoms with van der Waals surface area (Å²) in [6.45, 7) is 4.30.